The van der Waals surface area contributed by atoms with Gasteiger partial charge in [0.25, 0.3) is 0 Å². The lowest BCUT2D eigenvalue weighted by Gasteiger charge is -2.36. The summed E-state index contributed by atoms with van der Waals surface area (Å²) in [5.74, 6) is 0.621. The van der Waals surface area contributed by atoms with E-state index in [1.807, 2.05) is 0 Å². The summed E-state index contributed by atoms with van der Waals surface area (Å²) in [5, 5.41) is 10.3. The van der Waals surface area contributed by atoms with E-state index in [0.717, 1.165) is 51.7 Å². The van der Waals surface area contributed by atoms with Gasteiger partial charge in [-0.3, -0.25) is 9.69 Å². The van der Waals surface area contributed by atoms with Gasteiger partial charge >= 0.3 is 0 Å². The molecule has 1 saturated carbocycles. The Labute approximate surface area is 97.8 Å². The van der Waals surface area contributed by atoms with Crippen LogP contribution in [0.4, 0.5) is 0 Å². The molecule has 16 heavy (non-hydrogen) atoms. The third kappa shape index (κ3) is 2.64. The molecule has 2 aliphatic rings. The lowest BCUT2D eigenvalue weighted by molar-refractivity contribution is -0.127. The fourth-order valence-corrected chi connectivity index (χ4v) is 3.09. The van der Waals surface area contributed by atoms with Gasteiger partial charge in [-0.05, 0) is 19.3 Å². The lowest BCUT2D eigenvalue weighted by Crippen LogP contribution is -2.47. The fraction of sp³-hybridized carbons (Fsp3) is 0.923. The van der Waals surface area contributed by atoms with E-state index in [2.05, 4.69) is 11.8 Å². The van der Waals surface area contributed by atoms with E-state index in [4.69, 9.17) is 0 Å². The van der Waals surface area contributed by atoms with Crippen LogP contribution in [0.1, 0.15) is 45.4 Å². The molecule has 1 aliphatic carbocycles. The molecule has 3 heteroatoms. The first-order chi connectivity index (χ1) is 7.63. The van der Waals surface area contributed by atoms with Crippen molar-refractivity contribution in [2.24, 2.45) is 5.92 Å². The van der Waals surface area contributed by atoms with Crippen molar-refractivity contribution in [1.29, 1.82) is 0 Å². The summed E-state index contributed by atoms with van der Waals surface area (Å²) in [4.78, 5) is 13.9. The van der Waals surface area contributed by atoms with E-state index in [0.29, 0.717) is 12.2 Å². The zero-order chi connectivity index (χ0) is 11.6. The number of nitrogens with zero attached hydrogens (tertiary/aromatic N) is 1. The summed E-state index contributed by atoms with van der Waals surface area (Å²) >= 11 is 0. The highest BCUT2D eigenvalue weighted by Gasteiger charge is 2.35. The number of hydrogen-bond donors (Lipinski definition) is 1. The first kappa shape index (κ1) is 12.1. The molecule has 2 rings (SSSR count). The van der Waals surface area contributed by atoms with Crippen molar-refractivity contribution < 1.29 is 9.90 Å². The molecule has 3 nitrogen and oxygen atoms in total. The molecule has 0 radical (unpaired) electrons. The number of rotatable bonds is 3. The Morgan fingerprint density at radius 1 is 1.44 bits per heavy atom. The Hall–Kier alpha value is -0.410. The maximum absolute atomic E-state index is 11.6. The molecular weight excluding hydrogens is 202 g/mol. The van der Waals surface area contributed by atoms with E-state index in [1.165, 1.54) is 0 Å². The molecule has 1 aliphatic heterocycles. The van der Waals surface area contributed by atoms with Crippen molar-refractivity contribution in [2.75, 3.05) is 19.6 Å². The summed E-state index contributed by atoms with van der Waals surface area (Å²) < 4.78 is 0. The molecule has 92 valence electrons. The monoisotopic (exact) mass is 225 g/mol. The van der Waals surface area contributed by atoms with Gasteiger partial charge in [0.05, 0.1) is 5.60 Å². The number of ketones is 1. The van der Waals surface area contributed by atoms with Crippen molar-refractivity contribution in [3.8, 4) is 0 Å². The van der Waals surface area contributed by atoms with Crippen LogP contribution < -0.4 is 0 Å². The van der Waals surface area contributed by atoms with Crippen molar-refractivity contribution in [3.05, 3.63) is 0 Å². The van der Waals surface area contributed by atoms with Crippen LogP contribution in [0.5, 0.6) is 0 Å². The standard InChI is InChI=1S/C13H23NO2/c1-2-11-9-14(8-5-12(11)15)10-13(16)6-3-4-7-13/h11,16H,2-10H2,1H3. The highest BCUT2D eigenvalue weighted by atomic mass is 16.3. The predicted octanol–water partition coefficient (Wildman–Crippen LogP) is 1.59. The summed E-state index contributed by atoms with van der Waals surface area (Å²) in [6, 6.07) is 0. The van der Waals surface area contributed by atoms with Gasteiger partial charge in [-0.2, -0.15) is 0 Å². The maximum Gasteiger partial charge on any atom is 0.138 e. The predicted molar refractivity (Wildman–Crippen MR) is 63.3 cm³/mol. The average Bonchev–Trinajstić information content (AvgIpc) is 2.68. The van der Waals surface area contributed by atoms with E-state index in [-0.39, 0.29) is 5.92 Å². The third-order valence-corrected chi connectivity index (χ3v) is 4.15. The molecule has 1 saturated heterocycles. The number of likely N-dealkylation sites (tertiary alicyclic amines) is 1. The zero-order valence-electron chi connectivity index (χ0n) is 10.2. The van der Waals surface area contributed by atoms with Gasteiger partial charge in [0.15, 0.2) is 0 Å². The smallest absolute Gasteiger partial charge is 0.138 e. The van der Waals surface area contributed by atoms with Crippen LogP contribution in [0.15, 0.2) is 0 Å². The van der Waals surface area contributed by atoms with Gasteiger partial charge in [-0.1, -0.05) is 19.8 Å². The van der Waals surface area contributed by atoms with E-state index in [9.17, 15) is 9.90 Å². The summed E-state index contributed by atoms with van der Waals surface area (Å²) in [7, 11) is 0. The minimum atomic E-state index is -0.460. The Balaban J connectivity index is 1.88. The van der Waals surface area contributed by atoms with Crippen molar-refractivity contribution in [3.63, 3.8) is 0 Å². The van der Waals surface area contributed by atoms with Crippen LogP contribution in [-0.2, 0) is 4.79 Å². The number of carbonyl (C=O) groups is 1. The number of piperidine rings is 1. The van der Waals surface area contributed by atoms with Crippen LogP contribution >= 0.6 is 0 Å². The van der Waals surface area contributed by atoms with Crippen LogP contribution in [0.3, 0.4) is 0 Å². The molecule has 0 bridgehead atoms. The molecule has 0 aromatic heterocycles. The van der Waals surface area contributed by atoms with Gasteiger partial charge in [-0.25, -0.2) is 0 Å². The van der Waals surface area contributed by atoms with Gasteiger partial charge in [0, 0.05) is 32.0 Å². The van der Waals surface area contributed by atoms with Gasteiger partial charge in [0.1, 0.15) is 5.78 Å². The second-order valence-electron chi connectivity index (χ2n) is 5.49. The number of aliphatic hydroxyl groups is 1. The maximum atomic E-state index is 11.6. The Kier molecular flexibility index (Phi) is 3.65. The quantitative estimate of drug-likeness (QED) is 0.793. The molecule has 0 amide bonds. The minimum Gasteiger partial charge on any atom is -0.389 e. The SMILES string of the molecule is CCC1CN(CC2(O)CCCC2)CCC1=O. The topological polar surface area (TPSA) is 40.5 Å². The molecule has 1 N–H and O–H groups in total. The first-order valence-electron chi connectivity index (χ1n) is 6.60. The molecule has 0 aromatic carbocycles. The molecule has 1 unspecified atom stereocenters. The number of Topliss-reactive ketones (excluding diaryl/α,β-unsaturated/α-hetero) is 1. The second kappa shape index (κ2) is 4.84. The molecular formula is C13H23NO2. The second-order valence-corrected chi connectivity index (χ2v) is 5.49. The van der Waals surface area contributed by atoms with Crippen LogP contribution in [0, 0.1) is 5.92 Å². The minimum absolute atomic E-state index is 0.207. The summed E-state index contributed by atoms with van der Waals surface area (Å²) in [6.07, 6.45) is 5.80. The van der Waals surface area contributed by atoms with Crippen molar-refractivity contribution in [1.82, 2.24) is 4.90 Å². The Bertz CT molecular complexity index is 259. The molecule has 2 fully saturated rings. The van der Waals surface area contributed by atoms with Crippen LogP contribution in [0.2, 0.25) is 0 Å². The van der Waals surface area contributed by atoms with Crippen LogP contribution in [0.25, 0.3) is 0 Å². The van der Waals surface area contributed by atoms with Gasteiger partial charge < -0.3 is 5.11 Å². The number of carbonyl (C=O) groups excluding carboxylic acids is 1. The Morgan fingerprint density at radius 2 is 2.12 bits per heavy atom. The Morgan fingerprint density at radius 3 is 2.75 bits per heavy atom. The van der Waals surface area contributed by atoms with Crippen molar-refractivity contribution >= 4 is 5.78 Å². The van der Waals surface area contributed by atoms with Crippen LogP contribution in [-0.4, -0.2) is 41.0 Å². The van der Waals surface area contributed by atoms with Gasteiger partial charge in [0.2, 0.25) is 0 Å². The highest BCUT2D eigenvalue weighted by molar-refractivity contribution is 5.82. The molecule has 0 aromatic rings. The fourth-order valence-electron chi connectivity index (χ4n) is 3.09. The largest absolute Gasteiger partial charge is 0.389 e. The van der Waals surface area contributed by atoms with E-state index in [1.54, 1.807) is 0 Å². The lowest BCUT2D eigenvalue weighted by atomic mass is 9.92. The highest BCUT2D eigenvalue weighted by Crippen LogP contribution is 2.31. The number of hydrogen-bond acceptors (Lipinski definition) is 3. The first-order valence-corrected chi connectivity index (χ1v) is 6.60. The molecule has 1 heterocycles. The molecule has 1 atom stereocenters. The zero-order valence-corrected chi connectivity index (χ0v) is 10.2. The molecule has 0 spiro atoms. The van der Waals surface area contributed by atoms with E-state index < -0.39 is 5.60 Å². The van der Waals surface area contributed by atoms with Gasteiger partial charge in [-0.15, -0.1) is 0 Å². The van der Waals surface area contributed by atoms with E-state index >= 15 is 0 Å². The summed E-state index contributed by atoms with van der Waals surface area (Å²) in [5.41, 5.74) is -0.460. The third-order valence-electron chi connectivity index (χ3n) is 4.15. The number of β-amino-alcohol motifs (C(OH)–C–C–N with tert-alkyl or cyclic N) is 1. The summed E-state index contributed by atoms with van der Waals surface area (Å²) in [6.45, 7) is 4.56. The average molecular weight is 225 g/mol. The normalized spacial score (nSPS) is 30.9. The van der Waals surface area contributed by atoms with Crippen molar-refractivity contribution in [2.45, 2.75) is 51.0 Å².